The van der Waals surface area contributed by atoms with Gasteiger partial charge >= 0.3 is 0 Å². The Balaban J connectivity index is 2.40. The van der Waals surface area contributed by atoms with Gasteiger partial charge in [-0.15, -0.1) is 0 Å². The van der Waals surface area contributed by atoms with Crippen molar-refractivity contribution in [2.24, 2.45) is 0 Å². The largest absolute Gasteiger partial charge is 0.471 e. The van der Waals surface area contributed by atoms with E-state index in [0.29, 0.717) is 5.92 Å². The standard InChI is InChI=1S/C15H24N2O/c1-10(2)12-6-7-17-14(13(12)15(3,4)5)18-11-8-16-9-11/h6-7,10-11,16H,8-9H2,1-5H3. The summed E-state index contributed by atoms with van der Waals surface area (Å²) in [5, 5.41) is 3.22. The third-order valence-corrected chi connectivity index (χ3v) is 3.34. The second-order valence-corrected chi connectivity index (χ2v) is 6.38. The molecule has 2 rings (SSSR count). The normalized spacial score (nSPS) is 16.8. The van der Waals surface area contributed by atoms with Crippen LogP contribution in [0.25, 0.3) is 0 Å². The Bertz CT molecular complexity index is 417. The van der Waals surface area contributed by atoms with Crippen LogP contribution in [0.5, 0.6) is 5.88 Å². The molecule has 100 valence electrons. The molecule has 0 unspecified atom stereocenters. The molecule has 1 saturated heterocycles. The highest BCUT2D eigenvalue weighted by atomic mass is 16.5. The van der Waals surface area contributed by atoms with Gasteiger partial charge in [0.15, 0.2) is 0 Å². The van der Waals surface area contributed by atoms with E-state index in [0.717, 1.165) is 19.0 Å². The van der Waals surface area contributed by atoms with E-state index in [2.05, 4.69) is 51.0 Å². The minimum Gasteiger partial charge on any atom is -0.471 e. The molecule has 0 bridgehead atoms. The number of nitrogens with zero attached hydrogens (tertiary/aromatic N) is 1. The van der Waals surface area contributed by atoms with Crippen LogP contribution in [0.15, 0.2) is 12.3 Å². The Morgan fingerprint density at radius 1 is 1.33 bits per heavy atom. The molecule has 0 atom stereocenters. The first-order valence-corrected chi connectivity index (χ1v) is 6.76. The molecule has 1 N–H and O–H groups in total. The number of ether oxygens (including phenoxy) is 1. The maximum atomic E-state index is 6.03. The highest BCUT2D eigenvalue weighted by Gasteiger charge is 2.28. The van der Waals surface area contributed by atoms with E-state index in [9.17, 15) is 0 Å². The van der Waals surface area contributed by atoms with Crippen molar-refractivity contribution in [3.05, 3.63) is 23.4 Å². The van der Waals surface area contributed by atoms with Crippen LogP contribution in [0.1, 0.15) is 51.7 Å². The van der Waals surface area contributed by atoms with Crippen molar-refractivity contribution in [2.45, 2.75) is 52.1 Å². The maximum absolute atomic E-state index is 6.03. The lowest BCUT2D eigenvalue weighted by molar-refractivity contribution is 0.133. The molecule has 0 amide bonds. The predicted octanol–water partition coefficient (Wildman–Crippen LogP) is 2.85. The van der Waals surface area contributed by atoms with Crippen molar-refractivity contribution < 1.29 is 4.74 Å². The third kappa shape index (κ3) is 2.66. The summed E-state index contributed by atoms with van der Waals surface area (Å²) in [6.07, 6.45) is 2.15. The van der Waals surface area contributed by atoms with Crippen molar-refractivity contribution in [3.63, 3.8) is 0 Å². The van der Waals surface area contributed by atoms with Crippen molar-refractivity contribution in [1.29, 1.82) is 0 Å². The molecule has 18 heavy (non-hydrogen) atoms. The summed E-state index contributed by atoms with van der Waals surface area (Å²) in [5.74, 6) is 1.31. The first kappa shape index (κ1) is 13.3. The highest BCUT2D eigenvalue weighted by molar-refractivity contribution is 5.41. The zero-order valence-corrected chi connectivity index (χ0v) is 12.1. The SMILES string of the molecule is CC(C)c1ccnc(OC2CNC2)c1C(C)(C)C. The van der Waals surface area contributed by atoms with E-state index in [1.54, 1.807) is 0 Å². The van der Waals surface area contributed by atoms with Gasteiger partial charge in [0.05, 0.1) is 0 Å². The lowest BCUT2D eigenvalue weighted by Crippen LogP contribution is -2.50. The number of pyridine rings is 1. The monoisotopic (exact) mass is 248 g/mol. The smallest absolute Gasteiger partial charge is 0.217 e. The van der Waals surface area contributed by atoms with Gasteiger partial charge in [-0.2, -0.15) is 0 Å². The van der Waals surface area contributed by atoms with Gasteiger partial charge in [0.2, 0.25) is 5.88 Å². The lowest BCUT2D eigenvalue weighted by Gasteiger charge is -2.32. The molecule has 3 heteroatoms. The molecule has 1 aromatic rings. The fraction of sp³-hybridized carbons (Fsp3) is 0.667. The number of rotatable bonds is 3. The average Bonchev–Trinajstić information content (AvgIpc) is 2.21. The van der Waals surface area contributed by atoms with Crippen LogP contribution >= 0.6 is 0 Å². The van der Waals surface area contributed by atoms with E-state index in [1.165, 1.54) is 11.1 Å². The van der Waals surface area contributed by atoms with Crippen LogP contribution in [-0.2, 0) is 5.41 Å². The first-order valence-electron chi connectivity index (χ1n) is 6.76. The van der Waals surface area contributed by atoms with Crippen molar-refractivity contribution >= 4 is 0 Å². The summed E-state index contributed by atoms with van der Waals surface area (Å²) in [6.45, 7) is 13.0. The predicted molar refractivity (Wildman–Crippen MR) is 74.3 cm³/mol. The Kier molecular flexibility index (Phi) is 3.62. The minimum atomic E-state index is 0.0559. The minimum absolute atomic E-state index is 0.0559. The van der Waals surface area contributed by atoms with Crippen LogP contribution in [0.2, 0.25) is 0 Å². The average molecular weight is 248 g/mol. The summed E-state index contributed by atoms with van der Waals surface area (Å²) < 4.78 is 6.03. The van der Waals surface area contributed by atoms with Gasteiger partial charge in [0, 0.05) is 24.8 Å². The van der Waals surface area contributed by atoms with Gasteiger partial charge in [-0.25, -0.2) is 4.98 Å². The second-order valence-electron chi connectivity index (χ2n) is 6.38. The summed E-state index contributed by atoms with van der Waals surface area (Å²) in [5.41, 5.74) is 2.66. The summed E-state index contributed by atoms with van der Waals surface area (Å²) >= 11 is 0. The summed E-state index contributed by atoms with van der Waals surface area (Å²) in [4.78, 5) is 4.46. The molecule has 1 fully saturated rings. The topological polar surface area (TPSA) is 34.1 Å². The molecular formula is C15H24N2O. The molecule has 1 aliphatic heterocycles. The van der Waals surface area contributed by atoms with Crippen LogP contribution in [0.4, 0.5) is 0 Å². The first-order chi connectivity index (χ1) is 8.39. The van der Waals surface area contributed by atoms with Crippen LogP contribution in [-0.4, -0.2) is 24.2 Å². The lowest BCUT2D eigenvalue weighted by atomic mass is 9.81. The van der Waals surface area contributed by atoms with Gasteiger partial charge < -0.3 is 10.1 Å². The van der Waals surface area contributed by atoms with E-state index >= 15 is 0 Å². The van der Waals surface area contributed by atoms with Crippen molar-refractivity contribution in [3.8, 4) is 5.88 Å². The zero-order chi connectivity index (χ0) is 13.3. The summed E-state index contributed by atoms with van der Waals surface area (Å²) in [6, 6.07) is 2.12. The second kappa shape index (κ2) is 4.88. The summed E-state index contributed by atoms with van der Waals surface area (Å²) in [7, 11) is 0. The third-order valence-electron chi connectivity index (χ3n) is 3.34. The quantitative estimate of drug-likeness (QED) is 0.893. The maximum Gasteiger partial charge on any atom is 0.217 e. The van der Waals surface area contributed by atoms with E-state index in [4.69, 9.17) is 4.74 Å². The van der Waals surface area contributed by atoms with Crippen LogP contribution in [0, 0.1) is 0 Å². The fourth-order valence-corrected chi connectivity index (χ4v) is 2.28. The molecule has 1 aliphatic rings. The molecule has 3 nitrogen and oxygen atoms in total. The highest BCUT2D eigenvalue weighted by Crippen LogP contribution is 2.36. The van der Waals surface area contributed by atoms with Gasteiger partial charge in [0.1, 0.15) is 6.10 Å². The van der Waals surface area contributed by atoms with Gasteiger partial charge in [-0.1, -0.05) is 34.6 Å². The van der Waals surface area contributed by atoms with Crippen molar-refractivity contribution in [2.75, 3.05) is 13.1 Å². The van der Waals surface area contributed by atoms with E-state index in [-0.39, 0.29) is 11.5 Å². The van der Waals surface area contributed by atoms with Gasteiger partial charge in [-0.3, -0.25) is 0 Å². The van der Waals surface area contributed by atoms with Crippen molar-refractivity contribution in [1.82, 2.24) is 10.3 Å². The van der Waals surface area contributed by atoms with E-state index in [1.807, 2.05) is 6.20 Å². The van der Waals surface area contributed by atoms with Crippen LogP contribution < -0.4 is 10.1 Å². The molecule has 0 aliphatic carbocycles. The number of hydrogen-bond acceptors (Lipinski definition) is 3. The Morgan fingerprint density at radius 2 is 2.00 bits per heavy atom. The zero-order valence-electron chi connectivity index (χ0n) is 12.1. The number of hydrogen-bond donors (Lipinski definition) is 1. The van der Waals surface area contributed by atoms with Gasteiger partial charge in [0.25, 0.3) is 0 Å². The molecule has 2 heterocycles. The molecule has 0 radical (unpaired) electrons. The molecular weight excluding hydrogens is 224 g/mol. The Labute approximate surface area is 110 Å². The van der Waals surface area contributed by atoms with Gasteiger partial charge in [-0.05, 0) is 23.0 Å². The molecule has 0 aromatic carbocycles. The molecule has 1 aromatic heterocycles. The van der Waals surface area contributed by atoms with E-state index < -0.39 is 0 Å². The number of nitrogens with one attached hydrogen (secondary N) is 1. The Morgan fingerprint density at radius 3 is 2.44 bits per heavy atom. The molecule has 0 saturated carbocycles. The number of aromatic nitrogens is 1. The Hall–Kier alpha value is -1.09. The van der Waals surface area contributed by atoms with Crippen LogP contribution in [0.3, 0.4) is 0 Å². The fourth-order valence-electron chi connectivity index (χ4n) is 2.28. The molecule has 0 spiro atoms.